The van der Waals surface area contributed by atoms with Gasteiger partial charge in [-0.1, -0.05) is 36.0 Å². The summed E-state index contributed by atoms with van der Waals surface area (Å²) < 4.78 is 20.8. The molecule has 0 N–H and O–H groups in total. The van der Waals surface area contributed by atoms with Crippen molar-refractivity contribution in [1.29, 1.82) is 0 Å². The Balaban J connectivity index is 1.59. The Labute approximate surface area is 132 Å². The Morgan fingerprint density at radius 1 is 1.09 bits per heavy atom. The van der Waals surface area contributed by atoms with Gasteiger partial charge in [0, 0.05) is 18.1 Å². The molecule has 0 bridgehead atoms. The molecule has 0 unspecified atom stereocenters. The molecule has 0 spiro atoms. The van der Waals surface area contributed by atoms with Crippen molar-refractivity contribution in [3.63, 3.8) is 0 Å². The van der Waals surface area contributed by atoms with Gasteiger partial charge < -0.3 is 4.74 Å². The molecule has 0 aliphatic rings. The van der Waals surface area contributed by atoms with E-state index in [0.717, 1.165) is 22.3 Å². The Morgan fingerprint density at radius 3 is 2.77 bits per heavy atom. The monoisotopic (exact) mass is 314 g/mol. The first-order valence-electron chi connectivity index (χ1n) is 6.93. The van der Waals surface area contributed by atoms with Crippen LogP contribution in [0.25, 0.3) is 5.69 Å². The average molecular weight is 314 g/mol. The number of nitrogens with zero attached hydrogens (tertiary/aromatic N) is 2. The van der Waals surface area contributed by atoms with Crippen LogP contribution in [0.2, 0.25) is 0 Å². The lowest BCUT2D eigenvalue weighted by atomic mass is 10.3. The Hall–Kier alpha value is -2.27. The van der Waals surface area contributed by atoms with Crippen LogP contribution in [0.4, 0.5) is 4.39 Å². The van der Waals surface area contributed by atoms with Crippen LogP contribution >= 0.6 is 11.8 Å². The summed E-state index contributed by atoms with van der Waals surface area (Å²) in [6, 6.07) is 16.2. The Kier molecular flexibility index (Phi) is 4.75. The van der Waals surface area contributed by atoms with Gasteiger partial charge in [-0.3, -0.25) is 4.57 Å². The third-order valence-electron chi connectivity index (χ3n) is 3.02. The molecule has 0 aliphatic heterocycles. The lowest BCUT2D eigenvalue weighted by Crippen LogP contribution is -2.02. The van der Waals surface area contributed by atoms with Crippen LogP contribution in [0.5, 0.6) is 5.75 Å². The largest absolute Gasteiger partial charge is 0.493 e. The van der Waals surface area contributed by atoms with Crippen LogP contribution in [0.3, 0.4) is 0 Å². The Bertz CT molecular complexity index is 730. The predicted octanol–water partition coefficient (Wildman–Crippen LogP) is 4.18. The van der Waals surface area contributed by atoms with E-state index in [2.05, 4.69) is 4.98 Å². The molecule has 2 aromatic carbocycles. The minimum Gasteiger partial charge on any atom is -0.493 e. The van der Waals surface area contributed by atoms with Gasteiger partial charge in [-0.25, -0.2) is 9.37 Å². The second kappa shape index (κ2) is 7.13. The van der Waals surface area contributed by atoms with Crippen molar-refractivity contribution in [2.24, 2.45) is 0 Å². The SMILES string of the molecule is Fc1cccc(-n2ccnc2SCCOc2ccccc2)c1. The van der Waals surface area contributed by atoms with E-state index in [-0.39, 0.29) is 5.82 Å². The fraction of sp³-hybridized carbons (Fsp3) is 0.118. The van der Waals surface area contributed by atoms with E-state index in [9.17, 15) is 4.39 Å². The molecule has 112 valence electrons. The topological polar surface area (TPSA) is 27.1 Å². The van der Waals surface area contributed by atoms with E-state index in [1.165, 1.54) is 12.1 Å². The molecule has 0 radical (unpaired) electrons. The van der Waals surface area contributed by atoms with Crippen molar-refractivity contribution in [3.8, 4) is 11.4 Å². The first-order chi connectivity index (χ1) is 10.8. The quantitative estimate of drug-likeness (QED) is 0.504. The molecule has 3 nitrogen and oxygen atoms in total. The van der Waals surface area contributed by atoms with E-state index >= 15 is 0 Å². The highest BCUT2D eigenvalue weighted by molar-refractivity contribution is 7.99. The standard InChI is InChI=1S/C17H15FN2OS/c18-14-5-4-6-15(13-14)20-10-9-19-17(20)22-12-11-21-16-7-2-1-3-8-16/h1-10,13H,11-12H2. The molecular weight excluding hydrogens is 299 g/mol. The molecule has 3 rings (SSSR count). The first kappa shape index (κ1) is 14.7. The molecule has 0 saturated heterocycles. The highest BCUT2D eigenvalue weighted by Crippen LogP contribution is 2.21. The smallest absolute Gasteiger partial charge is 0.172 e. The fourth-order valence-corrected chi connectivity index (χ4v) is 2.82. The molecule has 1 heterocycles. The van der Waals surface area contributed by atoms with E-state index in [1.54, 1.807) is 24.0 Å². The molecule has 0 saturated carbocycles. The van der Waals surface area contributed by atoms with Crippen molar-refractivity contribution < 1.29 is 9.13 Å². The number of hydrogen-bond acceptors (Lipinski definition) is 3. The summed E-state index contributed by atoms with van der Waals surface area (Å²) >= 11 is 1.58. The zero-order valence-electron chi connectivity index (χ0n) is 11.9. The Morgan fingerprint density at radius 2 is 1.95 bits per heavy atom. The van der Waals surface area contributed by atoms with Gasteiger partial charge in [-0.15, -0.1) is 0 Å². The molecule has 0 amide bonds. The second-order valence-corrected chi connectivity index (χ2v) is 5.63. The van der Waals surface area contributed by atoms with Crippen molar-refractivity contribution in [3.05, 3.63) is 72.8 Å². The highest BCUT2D eigenvalue weighted by Gasteiger charge is 2.06. The van der Waals surface area contributed by atoms with Gasteiger partial charge in [-0.05, 0) is 30.3 Å². The number of benzene rings is 2. The van der Waals surface area contributed by atoms with Crippen molar-refractivity contribution in [2.75, 3.05) is 12.4 Å². The molecule has 0 atom stereocenters. The summed E-state index contributed by atoms with van der Waals surface area (Å²) in [4.78, 5) is 4.31. The highest BCUT2D eigenvalue weighted by atomic mass is 32.2. The molecule has 0 fully saturated rings. The van der Waals surface area contributed by atoms with Crippen molar-refractivity contribution >= 4 is 11.8 Å². The van der Waals surface area contributed by atoms with Crippen LogP contribution in [-0.2, 0) is 0 Å². The number of imidazole rings is 1. The first-order valence-corrected chi connectivity index (χ1v) is 7.91. The van der Waals surface area contributed by atoms with E-state index in [4.69, 9.17) is 4.74 Å². The molecule has 22 heavy (non-hydrogen) atoms. The number of halogens is 1. The van der Waals surface area contributed by atoms with Crippen LogP contribution in [0.1, 0.15) is 0 Å². The number of aromatic nitrogens is 2. The minimum absolute atomic E-state index is 0.255. The molecule has 3 aromatic rings. The number of para-hydroxylation sites is 1. The summed E-state index contributed by atoms with van der Waals surface area (Å²) in [6.07, 6.45) is 3.54. The molecule has 5 heteroatoms. The van der Waals surface area contributed by atoms with Gasteiger partial charge in [0.2, 0.25) is 0 Å². The zero-order chi connectivity index (χ0) is 15.2. The zero-order valence-corrected chi connectivity index (χ0v) is 12.7. The second-order valence-electron chi connectivity index (χ2n) is 4.57. The van der Waals surface area contributed by atoms with Crippen LogP contribution < -0.4 is 4.74 Å². The summed E-state index contributed by atoms with van der Waals surface area (Å²) in [5.74, 6) is 1.37. The molecule has 1 aromatic heterocycles. The van der Waals surface area contributed by atoms with Crippen LogP contribution in [0, 0.1) is 5.82 Å². The maximum atomic E-state index is 13.3. The van der Waals surface area contributed by atoms with E-state index in [0.29, 0.717) is 6.61 Å². The van der Waals surface area contributed by atoms with Gasteiger partial charge in [0.1, 0.15) is 11.6 Å². The van der Waals surface area contributed by atoms with Gasteiger partial charge in [0.15, 0.2) is 5.16 Å². The van der Waals surface area contributed by atoms with Gasteiger partial charge in [0.25, 0.3) is 0 Å². The molecular formula is C17H15FN2OS. The third-order valence-corrected chi connectivity index (χ3v) is 3.95. The lowest BCUT2D eigenvalue weighted by molar-refractivity contribution is 0.344. The number of thioether (sulfide) groups is 1. The number of rotatable bonds is 6. The van der Waals surface area contributed by atoms with Crippen molar-refractivity contribution in [2.45, 2.75) is 5.16 Å². The number of ether oxygens (including phenoxy) is 1. The van der Waals surface area contributed by atoms with Gasteiger partial charge in [-0.2, -0.15) is 0 Å². The fourth-order valence-electron chi connectivity index (χ4n) is 2.03. The van der Waals surface area contributed by atoms with Crippen LogP contribution in [-0.4, -0.2) is 21.9 Å². The third kappa shape index (κ3) is 3.68. The summed E-state index contributed by atoms with van der Waals surface area (Å²) in [5.41, 5.74) is 0.768. The molecule has 0 aliphatic carbocycles. The summed E-state index contributed by atoms with van der Waals surface area (Å²) in [5, 5.41) is 0.822. The van der Waals surface area contributed by atoms with Gasteiger partial charge in [0.05, 0.1) is 12.3 Å². The maximum Gasteiger partial charge on any atom is 0.172 e. The average Bonchev–Trinajstić information content (AvgIpc) is 3.01. The van der Waals surface area contributed by atoms with Crippen molar-refractivity contribution in [1.82, 2.24) is 9.55 Å². The predicted molar refractivity (Wildman–Crippen MR) is 86.2 cm³/mol. The maximum absolute atomic E-state index is 13.3. The van der Waals surface area contributed by atoms with Crippen LogP contribution in [0.15, 0.2) is 72.1 Å². The summed E-state index contributed by atoms with van der Waals surface area (Å²) in [6.45, 7) is 0.588. The number of hydrogen-bond donors (Lipinski definition) is 0. The minimum atomic E-state index is -0.255. The normalized spacial score (nSPS) is 10.6. The summed E-state index contributed by atoms with van der Waals surface area (Å²) in [7, 11) is 0. The van der Waals surface area contributed by atoms with E-state index in [1.807, 2.05) is 47.2 Å². The lowest BCUT2D eigenvalue weighted by Gasteiger charge is -2.08. The van der Waals surface area contributed by atoms with Gasteiger partial charge >= 0.3 is 0 Å². The van der Waals surface area contributed by atoms with E-state index < -0.39 is 0 Å².